The Morgan fingerprint density at radius 3 is 2.59 bits per heavy atom. The van der Waals surface area contributed by atoms with Crippen LogP contribution in [0.2, 0.25) is 0 Å². The highest BCUT2D eigenvalue weighted by molar-refractivity contribution is 7.91. The summed E-state index contributed by atoms with van der Waals surface area (Å²) < 4.78 is 25.8. The summed E-state index contributed by atoms with van der Waals surface area (Å²) in [5.74, 6) is 6.65. The van der Waals surface area contributed by atoms with E-state index in [0.717, 1.165) is 11.8 Å². The van der Waals surface area contributed by atoms with E-state index in [-0.39, 0.29) is 16.3 Å². The second kappa shape index (κ2) is 9.77. The van der Waals surface area contributed by atoms with Gasteiger partial charge in [-0.1, -0.05) is 49.3 Å². The molecule has 0 amide bonds. The van der Waals surface area contributed by atoms with Crippen molar-refractivity contribution in [2.75, 3.05) is 12.8 Å². The van der Waals surface area contributed by atoms with E-state index in [4.69, 9.17) is 0 Å². The summed E-state index contributed by atoms with van der Waals surface area (Å²) in [5, 5.41) is 3.37. The van der Waals surface area contributed by atoms with Gasteiger partial charge in [0, 0.05) is 30.5 Å². The maximum Gasteiger partial charge on any atom is 0.267 e. The summed E-state index contributed by atoms with van der Waals surface area (Å²) in [4.78, 5) is 17.9. The van der Waals surface area contributed by atoms with Crippen molar-refractivity contribution in [1.82, 2.24) is 14.9 Å². The van der Waals surface area contributed by atoms with Gasteiger partial charge in [-0.15, -0.1) is 0 Å². The molecule has 3 aromatic rings. The van der Waals surface area contributed by atoms with Crippen LogP contribution in [0.25, 0.3) is 16.6 Å². The van der Waals surface area contributed by atoms with Gasteiger partial charge in [-0.3, -0.25) is 9.36 Å². The van der Waals surface area contributed by atoms with E-state index in [1.165, 1.54) is 16.7 Å². The molecule has 1 aromatic heterocycles. The largest absolute Gasteiger partial charge is 0.307 e. The molecule has 0 aliphatic carbocycles. The third kappa shape index (κ3) is 5.05. The minimum absolute atomic E-state index is 0.0441. The number of sulfone groups is 1. The SMILES string of the molecule is C=CC(=C)n1c(C(C)NCCC#Cc2ccccc2)nc2cccc(S(C)(=O)=O)c2c1=O. The average Bonchev–Trinajstić information content (AvgIpc) is 2.77. The van der Waals surface area contributed by atoms with E-state index < -0.39 is 15.4 Å². The van der Waals surface area contributed by atoms with Crippen LogP contribution in [0.1, 0.15) is 30.8 Å². The third-order valence-electron chi connectivity index (χ3n) is 4.90. The van der Waals surface area contributed by atoms with Crippen LogP contribution in [-0.4, -0.2) is 30.8 Å². The molecule has 0 aliphatic rings. The molecule has 1 atom stereocenters. The Hall–Kier alpha value is -3.47. The summed E-state index contributed by atoms with van der Waals surface area (Å²) >= 11 is 0. The van der Waals surface area contributed by atoms with Crippen molar-refractivity contribution in [1.29, 1.82) is 0 Å². The molecule has 0 spiro atoms. The Labute approximate surface area is 188 Å². The minimum Gasteiger partial charge on any atom is -0.307 e. The summed E-state index contributed by atoms with van der Waals surface area (Å²) in [6.45, 7) is 10.1. The highest BCUT2D eigenvalue weighted by Crippen LogP contribution is 2.22. The van der Waals surface area contributed by atoms with E-state index in [1.54, 1.807) is 12.1 Å². The molecule has 6 nitrogen and oxygen atoms in total. The monoisotopic (exact) mass is 447 g/mol. The molecule has 3 rings (SSSR count). The van der Waals surface area contributed by atoms with Crippen LogP contribution < -0.4 is 10.9 Å². The molecule has 32 heavy (non-hydrogen) atoms. The van der Waals surface area contributed by atoms with Gasteiger partial charge in [0.1, 0.15) is 5.82 Å². The van der Waals surface area contributed by atoms with Crippen molar-refractivity contribution in [3.8, 4) is 11.8 Å². The van der Waals surface area contributed by atoms with Crippen molar-refractivity contribution in [3.63, 3.8) is 0 Å². The first-order valence-corrected chi connectivity index (χ1v) is 12.0. The molecule has 1 N–H and O–H groups in total. The number of nitrogens with zero attached hydrogens (tertiary/aromatic N) is 2. The first-order valence-electron chi connectivity index (χ1n) is 10.1. The van der Waals surface area contributed by atoms with E-state index in [0.29, 0.717) is 30.0 Å². The predicted molar refractivity (Wildman–Crippen MR) is 129 cm³/mol. The van der Waals surface area contributed by atoms with Crippen LogP contribution in [0, 0.1) is 11.8 Å². The maximum absolute atomic E-state index is 13.4. The molecule has 1 heterocycles. The van der Waals surface area contributed by atoms with Crippen LogP contribution in [0.15, 0.2) is 77.5 Å². The van der Waals surface area contributed by atoms with Crippen LogP contribution in [-0.2, 0) is 9.84 Å². The van der Waals surface area contributed by atoms with Gasteiger partial charge in [0.15, 0.2) is 9.84 Å². The van der Waals surface area contributed by atoms with Gasteiger partial charge in [0.25, 0.3) is 5.56 Å². The van der Waals surface area contributed by atoms with Crippen LogP contribution in [0.3, 0.4) is 0 Å². The lowest BCUT2D eigenvalue weighted by Gasteiger charge is -2.20. The lowest BCUT2D eigenvalue weighted by Crippen LogP contribution is -2.31. The Kier molecular flexibility index (Phi) is 7.08. The van der Waals surface area contributed by atoms with Crippen molar-refractivity contribution in [3.05, 3.63) is 89.5 Å². The van der Waals surface area contributed by atoms with E-state index in [2.05, 4.69) is 35.3 Å². The summed E-state index contributed by atoms with van der Waals surface area (Å²) in [5.41, 5.74) is 1.10. The van der Waals surface area contributed by atoms with Gasteiger partial charge in [-0.2, -0.15) is 0 Å². The van der Waals surface area contributed by atoms with Crippen LogP contribution >= 0.6 is 0 Å². The van der Waals surface area contributed by atoms with Crippen molar-refractivity contribution < 1.29 is 8.42 Å². The lowest BCUT2D eigenvalue weighted by atomic mass is 10.2. The topological polar surface area (TPSA) is 81.1 Å². The van der Waals surface area contributed by atoms with Gasteiger partial charge in [0.2, 0.25) is 0 Å². The smallest absolute Gasteiger partial charge is 0.267 e. The molecule has 0 fully saturated rings. The normalized spacial score (nSPS) is 12.1. The Morgan fingerprint density at radius 1 is 1.22 bits per heavy atom. The summed E-state index contributed by atoms with van der Waals surface area (Å²) in [6, 6.07) is 14.0. The second-order valence-electron chi connectivity index (χ2n) is 7.32. The van der Waals surface area contributed by atoms with Gasteiger partial charge in [-0.25, -0.2) is 13.4 Å². The van der Waals surface area contributed by atoms with Gasteiger partial charge >= 0.3 is 0 Å². The number of fused-ring (bicyclic) bond motifs is 1. The number of hydrogen-bond acceptors (Lipinski definition) is 5. The molecule has 0 saturated heterocycles. The fourth-order valence-corrected chi connectivity index (χ4v) is 4.20. The minimum atomic E-state index is -3.62. The van der Waals surface area contributed by atoms with E-state index >= 15 is 0 Å². The number of aromatic nitrogens is 2. The third-order valence-corrected chi connectivity index (χ3v) is 6.04. The molecule has 0 saturated carbocycles. The number of nitrogens with one attached hydrogen (secondary N) is 1. The molecule has 0 radical (unpaired) electrons. The van der Waals surface area contributed by atoms with E-state index in [1.807, 2.05) is 37.3 Å². The van der Waals surface area contributed by atoms with Gasteiger partial charge in [-0.05, 0) is 37.3 Å². The zero-order chi connectivity index (χ0) is 23.3. The standard InChI is InChI=1S/C25H25N3O3S/c1-5-18(2)28-24(19(3)26-17-10-9-14-20-12-7-6-8-13-20)27-21-15-11-16-22(32(4,30)31)23(21)25(28)29/h5-8,11-13,15-16,19,26H,1-2,10,17H2,3-4H3. The molecule has 0 bridgehead atoms. The first-order chi connectivity index (χ1) is 15.2. The zero-order valence-electron chi connectivity index (χ0n) is 18.1. The number of rotatable bonds is 7. The number of hydrogen-bond donors (Lipinski definition) is 1. The van der Waals surface area contributed by atoms with Gasteiger partial charge in [0.05, 0.1) is 21.8 Å². The van der Waals surface area contributed by atoms with Crippen molar-refractivity contribution in [2.24, 2.45) is 0 Å². The maximum atomic E-state index is 13.4. The fraction of sp³-hybridized carbons (Fsp3) is 0.200. The molecule has 1 unspecified atom stereocenters. The Morgan fingerprint density at radius 2 is 1.94 bits per heavy atom. The Bertz CT molecular complexity index is 1400. The predicted octanol–water partition coefficient (Wildman–Crippen LogP) is 3.55. The van der Waals surface area contributed by atoms with Crippen molar-refractivity contribution in [2.45, 2.75) is 24.3 Å². The molecule has 0 aliphatic heterocycles. The van der Waals surface area contributed by atoms with Crippen LogP contribution in [0.5, 0.6) is 0 Å². The number of benzene rings is 2. The summed E-state index contributed by atoms with van der Waals surface area (Å²) in [6.07, 6.45) is 3.12. The second-order valence-corrected chi connectivity index (χ2v) is 9.31. The molecular weight excluding hydrogens is 422 g/mol. The first kappa shape index (κ1) is 23.2. The van der Waals surface area contributed by atoms with Crippen molar-refractivity contribution >= 4 is 26.4 Å². The molecule has 7 heteroatoms. The zero-order valence-corrected chi connectivity index (χ0v) is 18.9. The quantitative estimate of drug-likeness (QED) is 0.340. The number of allylic oxidation sites excluding steroid dienone is 2. The molecular formula is C25H25N3O3S. The van der Waals surface area contributed by atoms with E-state index in [9.17, 15) is 13.2 Å². The summed E-state index contributed by atoms with van der Waals surface area (Å²) in [7, 11) is -3.62. The van der Waals surface area contributed by atoms with Crippen LogP contribution in [0.4, 0.5) is 0 Å². The molecule has 2 aromatic carbocycles. The molecule has 164 valence electrons. The Balaban J connectivity index is 1.95. The highest BCUT2D eigenvalue weighted by atomic mass is 32.2. The lowest BCUT2D eigenvalue weighted by molar-refractivity contribution is 0.543. The van der Waals surface area contributed by atoms with Gasteiger partial charge < -0.3 is 5.32 Å². The highest BCUT2D eigenvalue weighted by Gasteiger charge is 2.22. The average molecular weight is 448 g/mol. The fourth-order valence-electron chi connectivity index (χ4n) is 3.31.